The lowest BCUT2D eigenvalue weighted by Gasteiger charge is -2.27. The third-order valence-electron chi connectivity index (χ3n) is 4.45. The molecule has 0 aliphatic rings. The molecule has 0 fully saturated rings. The van der Waals surface area contributed by atoms with Gasteiger partial charge in [0, 0.05) is 31.1 Å². The Hall–Kier alpha value is -3.70. The summed E-state index contributed by atoms with van der Waals surface area (Å²) in [5.74, 6) is 0.502. The SMILES string of the molecule is COCOc1cc(-c2cnn(C(=O)OC(C)(C)C)c2)ccc1N(C(=O)OC(C)(C)C)c1ccnc([ClH+])n1. The zero-order valence-electron chi connectivity index (χ0n) is 21.8. The van der Waals surface area contributed by atoms with E-state index in [1.54, 1.807) is 72.0 Å². The van der Waals surface area contributed by atoms with Crippen LogP contribution in [0.3, 0.4) is 0 Å². The van der Waals surface area contributed by atoms with Gasteiger partial charge in [0.2, 0.25) is 0 Å². The van der Waals surface area contributed by atoms with Crippen molar-refractivity contribution < 1.29 is 40.1 Å². The maximum absolute atomic E-state index is 13.3. The Morgan fingerprint density at radius 2 is 1.73 bits per heavy atom. The monoisotopic (exact) mass is 532 g/mol. The summed E-state index contributed by atoms with van der Waals surface area (Å²) in [6.45, 7) is 10.5. The summed E-state index contributed by atoms with van der Waals surface area (Å²) in [5, 5.41) is 4.18. The van der Waals surface area contributed by atoms with Gasteiger partial charge in [-0.1, -0.05) is 6.07 Å². The molecular weight excluding hydrogens is 502 g/mol. The molecule has 0 spiro atoms. The van der Waals surface area contributed by atoms with Crippen LogP contribution in [0.2, 0.25) is 5.28 Å². The molecule has 2 aromatic heterocycles. The van der Waals surface area contributed by atoms with Crippen LogP contribution in [0.5, 0.6) is 5.75 Å². The average molecular weight is 533 g/mol. The lowest BCUT2D eigenvalue weighted by molar-refractivity contribution is -0.303. The number of nitrogens with zero attached hydrogens (tertiary/aromatic N) is 5. The van der Waals surface area contributed by atoms with Gasteiger partial charge in [0.1, 0.15) is 17.0 Å². The quantitative estimate of drug-likeness (QED) is 0.323. The summed E-state index contributed by atoms with van der Waals surface area (Å²) in [5.41, 5.74) is 0.188. The van der Waals surface area contributed by atoms with Crippen molar-refractivity contribution in [1.29, 1.82) is 0 Å². The molecule has 11 nitrogen and oxygen atoms in total. The number of halogens is 1. The topological polar surface area (TPSA) is 118 Å². The Morgan fingerprint density at radius 1 is 1.03 bits per heavy atom. The normalized spacial score (nSPS) is 11.7. The number of carbonyl (C=O) groups is 2. The van der Waals surface area contributed by atoms with Crippen LogP contribution >= 0.6 is 0 Å². The summed E-state index contributed by atoms with van der Waals surface area (Å²) in [6, 6.07) is 6.65. The first kappa shape index (κ1) is 27.9. The molecule has 3 rings (SSSR count). The van der Waals surface area contributed by atoms with Gasteiger partial charge < -0.3 is 18.9 Å². The molecule has 37 heavy (non-hydrogen) atoms. The van der Waals surface area contributed by atoms with Crippen molar-refractivity contribution in [3.05, 3.63) is 48.1 Å². The molecule has 0 saturated carbocycles. The smallest absolute Gasteiger partial charge is 0.435 e. The van der Waals surface area contributed by atoms with Crippen molar-refractivity contribution >= 4 is 23.7 Å². The number of anilines is 2. The predicted octanol–water partition coefficient (Wildman–Crippen LogP) is 4.88. The molecular formula is C25H31ClN5O6+. The first-order valence-electron chi connectivity index (χ1n) is 11.3. The van der Waals surface area contributed by atoms with E-state index in [2.05, 4.69) is 15.1 Å². The molecule has 0 aliphatic carbocycles. The van der Waals surface area contributed by atoms with E-state index in [0.29, 0.717) is 22.6 Å². The van der Waals surface area contributed by atoms with Gasteiger partial charge in [-0.25, -0.2) is 14.5 Å². The van der Waals surface area contributed by atoms with Crippen molar-refractivity contribution in [2.45, 2.75) is 52.7 Å². The lowest BCUT2D eigenvalue weighted by atomic mass is 10.1. The highest BCUT2D eigenvalue weighted by Crippen LogP contribution is 2.38. The fourth-order valence-electron chi connectivity index (χ4n) is 3.08. The van der Waals surface area contributed by atoms with Gasteiger partial charge >= 0.3 is 17.5 Å². The third kappa shape index (κ3) is 7.64. The number of ether oxygens (including phenoxy) is 4. The molecule has 0 N–H and O–H groups in total. The fraction of sp³-hybridized carbons (Fsp3) is 0.400. The summed E-state index contributed by atoms with van der Waals surface area (Å²) in [4.78, 5) is 35.1. The van der Waals surface area contributed by atoms with Crippen molar-refractivity contribution in [3.8, 4) is 16.9 Å². The average Bonchev–Trinajstić information content (AvgIpc) is 3.27. The van der Waals surface area contributed by atoms with E-state index in [1.807, 2.05) is 0 Å². The number of benzene rings is 1. The Kier molecular flexibility index (Phi) is 8.39. The summed E-state index contributed by atoms with van der Waals surface area (Å²) < 4.78 is 23.0. The van der Waals surface area contributed by atoms with Crippen molar-refractivity contribution in [3.63, 3.8) is 0 Å². The van der Waals surface area contributed by atoms with E-state index in [4.69, 9.17) is 30.5 Å². The minimum absolute atomic E-state index is 0.0663. The molecule has 198 valence electrons. The van der Waals surface area contributed by atoms with E-state index < -0.39 is 23.4 Å². The third-order valence-corrected chi connectivity index (χ3v) is 4.65. The number of rotatable bonds is 6. The van der Waals surface area contributed by atoms with Gasteiger partial charge in [0.15, 0.2) is 24.2 Å². The maximum atomic E-state index is 13.3. The Morgan fingerprint density at radius 3 is 2.35 bits per heavy atom. The molecule has 0 saturated heterocycles. The van der Waals surface area contributed by atoms with Crippen molar-refractivity contribution in [2.24, 2.45) is 0 Å². The standard InChI is InChI=1S/C25H31ClN5O6/c1-24(2,3)36-22(32)30-14-17(13-28-30)16-8-9-18(19(12-16)35-15-34-7)31(23(33)37-25(4,5)6)20-10-11-27-21(26)29-20/h8-14,26H,15H2,1-7H3/q+1. The highest BCUT2D eigenvalue weighted by Gasteiger charge is 2.29. The van der Waals surface area contributed by atoms with Gasteiger partial charge in [-0.15, -0.1) is 0 Å². The highest BCUT2D eigenvalue weighted by atomic mass is 35.5. The van der Waals surface area contributed by atoms with E-state index in [1.165, 1.54) is 24.4 Å². The predicted molar refractivity (Wildman–Crippen MR) is 133 cm³/mol. The van der Waals surface area contributed by atoms with Crippen LogP contribution in [0.1, 0.15) is 41.5 Å². The molecule has 12 heteroatoms. The van der Waals surface area contributed by atoms with Gasteiger partial charge in [-0.2, -0.15) is 19.7 Å². The van der Waals surface area contributed by atoms with Gasteiger partial charge in [0.05, 0.1) is 11.9 Å². The molecule has 1 aromatic carbocycles. The Labute approximate surface area is 220 Å². The minimum atomic E-state index is -0.775. The zero-order chi connectivity index (χ0) is 27.4. The maximum Gasteiger partial charge on any atom is 0.435 e. The van der Waals surface area contributed by atoms with Crippen molar-refractivity contribution in [2.75, 3.05) is 18.8 Å². The first-order chi connectivity index (χ1) is 17.3. The molecule has 0 atom stereocenters. The highest BCUT2D eigenvalue weighted by molar-refractivity contribution is 5.97. The molecule has 0 aliphatic heterocycles. The molecule has 0 unspecified atom stereocenters. The number of amides is 1. The molecule has 3 aromatic rings. The number of aromatic nitrogens is 4. The van der Waals surface area contributed by atoms with Gasteiger partial charge in [-0.05, 0) is 59.2 Å². The number of hydrogen-bond acceptors (Lipinski definition) is 9. The second-order valence-corrected chi connectivity index (χ2v) is 10.3. The number of hydrogen-bond donors (Lipinski definition) is 0. The molecule has 0 radical (unpaired) electrons. The van der Waals surface area contributed by atoms with Crippen LogP contribution in [-0.2, 0) is 14.2 Å². The van der Waals surface area contributed by atoms with E-state index in [0.717, 1.165) is 4.68 Å². The summed E-state index contributed by atoms with van der Waals surface area (Å²) >= 11 is 5.11. The van der Waals surface area contributed by atoms with Gasteiger partial charge in [0.25, 0.3) is 0 Å². The van der Waals surface area contributed by atoms with Crippen LogP contribution < -0.4 is 9.64 Å². The van der Waals surface area contributed by atoms with Crippen LogP contribution in [0, 0.1) is 11.6 Å². The Balaban J connectivity index is 2.06. The van der Waals surface area contributed by atoms with E-state index in [9.17, 15) is 9.59 Å². The molecule has 0 bridgehead atoms. The second kappa shape index (κ2) is 11.1. The van der Waals surface area contributed by atoms with Gasteiger partial charge in [-0.3, -0.25) is 0 Å². The first-order valence-corrected chi connectivity index (χ1v) is 11.8. The van der Waals surface area contributed by atoms with Crippen LogP contribution in [0.25, 0.3) is 11.1 Å². The number of methoxy groups -OCH3 is 1. The summed E-state index contributed by atoms with van der Waals surface area (Å²) in [6.07, 6.45) is 3.23. The largest absolute Gasteiger partial charge is 0.465 e. The minimum Gasteiger partial charge on any atom is -0.465 e. The fourth-order valence-corrected chi connectivity index (χ4v) is 3.23. The van der Waals surface area contributed by atoms with Crippen LogP contribution in [0.15, 0.2) is 42.9 Å². The molecule has 2 heterocycles. The molecule has 1 amide bonds. The number of carbonyl (C=O) groups excluding carboxylic acids is 2. The Bertz CT molecular complexity index is 1260. The van der Waals surface area contributed by atoms with E-state index >= 15 is 0 Å². The summed E-state index contributed by atoms with van der Waals surface area (Å²) in [7, 11) is 1.48. The lowest BCUT2D eigenvalue weighted by Crippen LogP contribution is -2.34. The zero-order valence-corrected chi connectivity index (χ0v) is 22.7. The second-order valence-electron chi connectivity index (χ2n) is 9.90. The van der Waals surface area contributed by atoms with Crippen LogP contribution in [0.4, 0.5) is 21.1 Å². The van der Waals surface area contributed by atoms with E-state index in [-0.39, 0.29) is 17.9 Å². The van der Waals surface area contributed by atoms with Crippen molar-refractivity contribution in [1.82, 2.24) is 19.7 Å². The van der Waals surface area contributed by atoms with Crippen LogP contribution in [-0.4, -0.2) is 57.0 Å².